The van der Waals surface area contributed by atoms with Crippen molar-refractivity contribution in [3.05, 3.63) is 35.9 Å². The van der Waals surface area contributed by atoms with Crippen LogP contribution in [0.25, 0.3) is 0 Å². The Morgan fingerprint density at radius 1 is 1.20 bits per heavy atom. The average molecular weight is 275 g/mol. The molecular formula is C17H29N3. The van der Waals surface area contributed by atoms with Crippen molar-refractivity contribution >= 4 is 0 Å². The number of likely N-dealkylation sites (N-methyl/N-ethyl adjacent to an activating group) is 1. The van der Waals surface area contributed by atoms with Gasteiger partial charge in [-0.3, -0.25) is 4.90 Å². The first kappa shape index (κ1) is 15.5. The molecule has 1 saturated heterocycles. The van der Waals surface area contributed by atoms with Crippen molar-refractivity contribution in [3.63, 3.8) is 0 Å². The van der Waals surface area contributed by atoms with Crippen LogP contribution in [-0.2, 0) is 0 Å². The van der Waals surface area contributed by atoms with Crippen molar-refractivity contribution in [2.75, 3.05) is 26.7 Å². The van der Waals surface area contributed by atoms with Gasteiger partial charge in [-0.15, -0.1) is 0 Å². The summed E-state index contributed by atoms with van der Waals surface area (Å²) in [5.74, 6) is 0. The third-order valence-corrected chi connectivity index (χ3v) is 4.77. The maximum Gasteiger partial charge on any atom is 0.0453 e. The topological polar surface area (TPSA) is 32.5 Å². The number of nitrogens with two attached hydrogens (primary N) is 1. The Morgan fingerprint density at radius 2 is 1.90 bits per heavy atom. The summed E-state index contributed by atoms with van der Waals surface area (Å²) in [6.45, 7) is 7.96. The molecule has 1 aliphatic rings. The van der Waals surface area contributed by atoms with Crippen molar-refractivity contribution in [1.29, 1.82) is 0 Å². The van der Waals surface area contributed by atoms with Crippen molar-refractivity contribution < 1.29 is 0 Å². The number of hydrogen-bond donors (Lipinski definition) is 1. The summed E-state index contributed by atoms with van der Waals surface area (Å²) >= 11 is 0. The van der Waals surface area contributed by atoms with Gasteiger partial charge < -0.3 is 10.6 Å². The largest absolute Gasteiger partial charge is 0.323 e. The summed E-state index contributed by atoms with van der Waals surface area (Å²) in [6.07, 6.45) is 2.32. The van der Waals surface area contributed by atoms with Gasteiger partial charge in [-0.2, -0.15) is 0 Å². The van der Waals surface area contributed by atoms with Gasteiger partial charge in [-0.05, 0) is 25.5 Å². The van der Waals surface area contributed by atoms with E-state index in [0.717, 1.165) is 26.1 Å². The van der Waals surface area contributed by atoms with Crippen LogP contribution in [0.3, 0.4) is 0 Å². The van der Waals surface area contributed by atoms with Crippen LogP contribution < -0.4 is 5.73 Å². The van der Waals surface area contributed by atoms with Crippen molar-refractivity contribution in [2.45, 2.75) is 44.8 Å². The highest BCUT2D eigenvalue weighted by molar-refractivity contribution is 5.20. The van der Waals surface area contributed by atoms with E-state index in [-0.39, 0.29) is 6.04 Å². The molecule has 0 saturated carbocycles. The van der Waals surface area contributed by atoms with E-state index in [2.05, 4.69) is 61.0 Å². The minimum atomic E-state index is 0.113. The summed E-state index contributed by atoms with van der Waals surface area (Å²) < 4.78 is 0. The molecule has 2 N–H and O–H groups in total. The van der Waals surface area contributed by atoms with Crippen LogP contribution in [0.1, 0.15) is 38.3 Å². The summed E-state index contributed by atoms with van der Waals surface area (Å²) in [7, 11) is 2.24. The van der Waals surface area contributed by atoms with Gasteiger partial charge in [0.15, 0.2) is 0 Å². The Morgan fingerprint density at radius 3 is 2.50 bits per heavy atom. The number of hydrogen-bond acceptors (Lipinski definition) is 3. The van der Waals surface area contributed by atoms with E-state index in [1.165, 1.54) is 12.0 Å². The molecule has 0 spiro atoms. The lowest BCUT2D eigenvalue weighted by Crippen LogP contribution is -2.56. The fourth-order valence-corrected chi connectivity index (χ4v) is 3.35. The predicted molar refractivity (Wildman–Crippen MR) is 85.7 cm³/mol. The Balaban J connectivity index is 2.08. The Labute approximate surface area is 123 Å². The van der Waals surface area contributed by atoms with Gasteiger partial charge in [0.25, 0.3) is 0 Å². The summed E-state index contributed by atoms with van der Waals surface area (Å²) in [4.78, 5) is 5.09. The second-order valence-corrected chi connectivity index (χ2v) is 5.95. The van der Waals surface area contributed by atoms with Gasteiger partial charge in [-0.25, -0.2) is 0 Å². The van der Waals surface area contributed by atoms with Crippen molar-refractivity contribution in [3.8, 4) is 0 Å². The number of rotatable bonds is 5. The zero-order chi connectivity index (χ0) is 14.5. The van der Waals surface area contributed by atoms with Crippen molar-refractivity contribution in [2.24, 2.45) is 5.73 Å². The highest BCUT2D eigenvalue weighted by atomic mass is 15.3. The molecule has 20 heavy (non-hydrogen) atoms. The average Bonchev–Trinajstić information content (AvgIpc) is 2.50. The number of piperazine rings is 1. The van der Waals surface area contributed by atoms with E-state index in [4.69, 9.17) is 5.73 Å². The Kier molecular flexibility index (Phi) is 5.58. The SMILES string of the molecule is CCC1CN(C(CC)C(N)c2ccccc2)CCN1C. The van der Waals surface area contributed by atoms with Crippen LogP contribution in [0.15, 0.2) is 30.3 Å². The minimum Gasteiger partial charge on any atom is -0.323 e. The first-order chi connectivity index (χ1) is 9.67. The zero-order valence-electron chi connectivity index (χ0n) is 13.1. The molecule has 1 heterocycles. The third kappa shape index (κ3) is 3.40. The lowest BCUT2D eigenvalue weighted by molar-refractivity contribution is 0.0518. The summed E-state index contributed by atoms with van der Waals surface area (Å²) in [5, 5.41) is 0. The molecule has 112 valence electrons. The van der Waals surface area contributed by atoms with E-state index in [1.807, 2.05) is 0 Å². The van der Waals surface area contributed by atoms with Gasteiger partial charge >= 0.3 is 0 Å². The van der Waals surface area contributed by atoms with E-state index < -0.39 is 0 Å². The smallest absolute Gasteiger partial charge is 0.0453 e. The minimum absolute atomic E-state index is 0.113. The summed E-state index contributed by atoms with van der Waals surface area (Å²) in [5.41, 5.74) is 7.80. The zero-order valence-corrected chi connectivity index (χ0v) is 13.1. The molecule has 3 unspecified atom stereocenters. The predicted octanol–water partition coefficient (Wildman–Crippen LogP) is 2.49. The molecule has 0 aliphatic carbocycles. The molecule has 2 rings (SSSR count). The molecule has 1 aromatic rings. The third-order valence-electron chi connectivity index (χ3n) is 4.77. The first-order valence-electron chi connectivity index (χ1n) is 7.92. The molecule has 0 aromatic heterocycles. The van der Waals surface area contributed by atoms with Crippen LogP contribution in [0.2, 0.25) is 0 Å². The van der Waals surface area contributed by atoms with Gasteiger partial charge in [0.05, 0.1) is 0 Å². The Bertz CT molecular complexity index is 392. The lowest BCUT2D eigenvalue weighted by atomic mass is 9.95. The molecule has 1 fully saturated rings. The molecule has 3 nitrogen and oxygen atoms in total. The fourth-order valence-electron chi connectivity index (χ4n) is 3.35. The normalized spacial score (nSPS) is 24.5. The van der Waals surface area contributed by atoms with Crippen LogP contribution in [0, 0.1) is 0 Å². The van der Waals surface area contributed by atoms with Crippen molar-refractivity contribution in [1.82, 2.24) is 9.80 Å². The van der Waals surface area contributed by atoms with E-state index in [0.29, 0.717) is 12.1 Å². The maximum atomic E-state index is 6.55. The standard InChI is InChI=1S/C17H29N3/c1-4-15-13-20(12-11-19(15)3)16(5-2)17(18)14-9-7-6-8-10-14/h6-10,15-17H,4-5,11-13,18H2,1-3H3. The van der Waals surface area contributed by atoms with Gasteiger partial charge in [-0.1, -0.05) is 44.2 Å². The van der Waals surface area contributed by atoms with E-state index in [9.17, 15) is 0 Å². The Hall–Kier alpha value is -0.900. The molecular weight excluding hydrogens is 246 g/mol. The van der Waals surface area contributed by atoms with Crippen LogP contribution >= 0.6 is 0 Å². The first-order valence-corrected chi connectivity index (χ1v) is 7.92. The van der Waals surface area contributed by atoms with Crippen LogP contribution in [-0.4, -0.2) is 48.6 Å². The molecule has 1 aliphatic heterocycles. The fraction of sp³-hybridized carbons (Fsp3) is 0.647. The molecule has 0 bridgehead atoms. The number of nitrogens with zero attached hydrogens (tertiary/aromatic N) is 2. The highest BCUT2D eigenvalue weighted by Crippen LogP contribution is 2.24. The maximum absolute atomic E-state index is 6.55. The van der Waals surface area contributed by atoms with Crippen LogP contribution in [0.4, 0.5) is 0 Å². The van der Waals surface area contributed by atoms with Gasteiger partial charge in [0.2, 0.25) is 0 Å². The molecule has 3 atom stereocenters. The molecule has 3 heteroatoms. The molecule has 0 radical (unpaired) electrons. The lowest BCUT2D eigenvalue weighted by Gasteiger charge is -2.44. The second kappa shape index (κ2) is 7.21. The van der Waals surface area contributed by atoms with Crippen LogP contribution in [0.5, 0.6) is 0 Å². The van der Waals surface area contributed by atoms with E-state index >= 15 is 0 Å². The monoisotopic (exact) mass is 275 g/mol. The molecule has 1 aromatic carbocycles. The second-order valence-electron chi connectivity index (χ2n) is 5.95. The van der Waals surface area contributed by atoms with Gasteiger partial charge in [0, 0.05) is 37.8 Å². The van der Waals surface area contributed by atoms with Gasteiger partial charge in [0.1, 0.15) is 0 Å². The summed E-state index contributed by atoms with van der Waals surface area (Å²) in [6, 6.07) is 11.8. The molecule has 0 amide bonds. The van der Waals surface area contributed by atoms with E-state index in [1.54, 1.807) is 0 Å². The quantitative estimate of drug-likeness (QED) is 0.896. The number of benzene rings is 1. The highest BCUT2D eigenvalue weighted by Gasteiger charge is 2.30.